The Balaban J connectivity index is 2.59. The van der Waals surface area contributed by atoms with Crippen LogP contribution in [0.2, 0.25) is 0 Å². The van der Waals surface area contributed by atoms with E-state index in [-0.39, 0.29) is 24.8 Å². The summed E-state index contributed by atoms with van der Waals surface area (Å²) >= 11 is 0. The van der Waals surface area contributed by atoms with Crippen LogP contribution in [0.3, 0.4) is 0 Å². The third-order valence-electron chi connectivity index (χ3n) is 2.98. The summed E-state index contributed by atoms with van der Waals surface area (Å²) in [6.07, 6.45) is 1.73. The number of hydrogen-bond acceptors (Lipinski definition) is 4. The summed E-state index contributed by atoms with van der Waals surface area (Å²) in [6, 6.07) is 1.23. The quantitative estimate of drug-likeness (QED) is 0.701. The van der Waals surface area contributed by atoms with Crippen molar-refractivity contribution >= 4 is 11.9 Å². The fraction of sp³-hybridized carbons (Fsp3) is 0.727. The Morgan fingerprint density at radius 1 is 1.65 bits per heavy atom. The number of carboxylic acid groups (broad SMARTS) is 1. The van der Waals surface area contributed by atoms with E-state index in [1.54, 1.807) is 11.9 Å². The molecule has 0 aromatic heterocycles. The standard InChI is InChI=1S/C11H17N3O3/c1-13-9(4-5-10(15)16)11(17)14-6-2-3-8(14)7-12/h8-9,13H,2-6H2,1H3,(H,15,16)/t8?,9-/m0/s1. The van der Waals surface area contributed by atoms with E-state index >= 15 is 0 Å². The molecule has 1 aliphatic rings. The molecule has 2 atom stereocenters. The first-order valence-corrected chi connectivity index (χ1v) is 5.69. The predicted molar refractivity (Wildman–Crippen MR) is 60.1 cm³/mol. The molecule has 0 spiro atoms. The van der Waals surface area contributed by atoms with E-state index in [0.717, 1.165) is 6.42 Å². The number of carboxylic acids is 1. The molecule has 1 heterocycles. The number of likely N-dealkylation sites (N-methyl/N-ethyl adjacent to an activating group) is 1. The first-order valence-electron chi connectivity index (χ1n) is 5.69. The molecule has 0 saturated carbocycles. The second-order valence-electron chi connectivity index (χ2n) is 4.09. The first kappa shape index (κ1) is 13.5. The van der Waals surface area contributed by atoms with Crippen LogP contribution in [-0.2, 0) is 9.59 Å². The molecule has 6 nitrogen and oxygen atoms in total. The number of likely N-dealkylation sites (tertiary alicyclic amines) is 1. The second kappa shape index (κ2) is 6.21. The normalized spacial score (nSPS) is 20.9. The summed E-state index contributed by atoms with van der Waals surface area (Å²) in [5.74, 6) is -1.09. The van der Waals surface area contributed by atoms with Crippen LogP contribution in [0.25, 0.3) is 0 Å². The summed E-state index contributed by atoms with van der Waals surface area (Å²) in [4.78, 5) is 24.1. The number of nitrogens with zero attached hydrogens (tertiary/aromatic N) is 2. The van der Waals surface area contributed by atoms with Gasteiger partial charge in [0.25, 0.3) is 0 Å². The number of aliphatic carboxylic acids is 1. The van der Waals surface area contributed by atoms with Gasteiger partial charge in [-0.25, -0.2) is 0 Å². The maximum atomic E-state index is 12.1. The maximum Gasteiger partial charge on any atom is 0.303 e. The molecule has 94 valence electrons. The van der Waals surface area contributed by atoms with Crippen molar-refractivity contribution in [2.24, 2.45) is 0 Å². The van der Waals surface area contributed by atoms with Crippen molar-refractivity contribution in [3.63, 3.8) is 0 Å². The zero-order valence-electron chi connectivity index (χ0n) is 9.85. The van der Waals surface area contributed by atoms with E-state index in [4.69, 9.17) is 10.4 Å². The minimum atomic E-state index is -0.920. The van der Waals surface area contributed by atoms with Gasteiger partial charge in [-0.15, -0.1) is 0 Å². The molecule has 1 aliphatic heterocycles. The minimum Gasteiger partial charge on any atom is -0.481 e. The van der Waals surface area contributed by atoms with E-state index in [0.29, 0.717) is 13.0 Å². The number of carbonyl (C=O) groups is 2. The van der Waals surface area contributed by atoms with Gasteiger partial charge in [0.1, 0.15) is 6.04 Å². The van der Waals surface area contributed by atoms with Crippen LogP contribution < -0.4 is 5.32 Å². The van der Waals surface area contributed by atoms with E-state index in [9.17, 15) is 9.59 Å². The first-order chi connectivity index (χ1) is 8.10. The maximum absolute atomic E-state index is 12.1. The van der Waals surface area contributed by atoms with Crippen molar-refractivity contribution in [3.8, 4) is 6.07 Å². The third kappa shape index (κ3) is 3.43. The summed E-state index contributed by atoms with van der Waals surface area (Å²) < 4.78 is 0. The Bertz CT molecular complexity index is 337. The topological polar surface area (TPSA) is 93.4 Å². The number of nitrogens with one attached hydrogen (secondary N) is 1. The number of nitriles is 1. The highest BCUT2D eigenvalue weighted by Crippen LogP contribution is 2.18. The van der Waals surface area contributed by atoms with Gasteiger partial charge < -0.3 is 15.3 Å². The number of carbonyl (C=O) groups excluding carboxylic acids is 1. The van der Waals surface area contributed by atoms with Gasteiger partial charge in [0.15, 0.2) is 0 Å². The molecule has 17 heavy (non-hydrogen) atoms. The lowest BCUT2D eigenvalue weighted by molar-refractivity contribution is -0.138. The van der Waals surface area contributed by atoms with Gasteiger partial charge in [-0.05, 0) is 26.3 Å². The van der Waals surface area contributed by atoms with E-state index in [1.807, 2.05) is 0 Å². The minimum absolute atomic E-state index is 0.0533. The lowest BCUT2D eigenvalue weighted by Crippen LogP contribution is -2.47. The van der Waals surface area contributed by atoms with Crippen LogP contribution in [0.4, 0.5) is 0 Å². The Hall–Kier alpha value is -1.61. The van der Waals surface area contributed by atoms with Crippen LogP contribution in [0.15, 0.2) is 0 Å². The van der Waals surface area contributed by atoms with Crippen molar-refractivity contribution in [1.29, 1.82) is 5.26 Å². The van der Waals surface area contributed by atoms with Crippen LogP contribution in [-0.4, -0.2) is 47.6 Å². The lowest BCUT2D eigenvalue weighted by atomic mass is 10.1. The second-order valence-corrected chi connectivity index (χ2v) is 4.09. The molecule has 1 rings (SSSR count). The van der Waals surface area contributed by atoms with Crippen molar-refractivity contribution in [2.45, 2.75) is 37.8 Å². The largest absolute Gasteiger partial charge is 0.481 e. The van der Waals surface area contributed by atoms with Gasteiger partial charge >= 0.3 is 5.97 Å². The monoisotopic (exact) mass is 239 g/mol. The zero-order valence-corrected chi connectivity index (χ0v) is 9.85. The summed E-state index contributed by atoms with van der Waals surface area (Å²) in [5.41, 5.74) is 0. The Morgan fingerprint density at radius 3 is 2.88 bits per heavy atom. The Kier molecular flexibility index (Phi) is 4.91. The summed E-state index contributed by atoms with van der Waals surface area (Å²) in [6.45, 7) is 0.586. The highest BCUT2D eigenvalue weighted by molar-refractivity contribution is 5.83. The Labute approximate surface area is 100 Å². The lowest BCUT2D eigenvalue weighted by Gasteiger charge is -2.25. The Morgan fingerprint density at radius 2 is 2.35 bits per heavy atom. The number of hydrogen-bond donors (Lipinski definition) is 2. The molecule has 0 bridgehead atoms. The zero-order chi connectivity index (χ0) is 12.8. The summed E-state index contributed by atoms with van der Waals surface area (Å²) in [7, 11) is 1.63. The average Bonchev–Trinajstić information content (AvgIpc) is 2.77. The van der Waals surface area contributed by atoms with Crippen molar-refractivity contribution < 1.29 is 14.7 Å². The predicted octanol–water partition coefficient (Wildman–Crippen LogP) is -0.0462. The van der Waals surface area contributed by atoms with Crippen LogP contribution in [0.1, 0.15) is 25.7 Å². The van der Waals surface area contributed by atoms with Crippen molar-refractivity contribution in [3.05, 3.63) is 0 Å². The smallest absolute Gasteiger partial charge is 0.303 e. The summed E-state index contributed by atoms with van der Waals surface area (Å²) in [5, 5.41) is 20.3. The fourth-order valence-corrected chi connectivity index (χ4v) is 2.02. The van der Waals surface area contributed by atoms with Crippen LogP contribution >= 0.6 is 0 Å². The molecule has 1 fully saturated rings. The molecule has 0 aromatic rings. The molecule has 0 radical (unpaired) electrons. The number of amides is 1. The van der Waals surface area contributed by atoms with Crippen molar-refractivity contribution in [1.82, 2.24) is 10.2 Å². The van der Waals surface area contributed by atoms with E-state index in [1.165, 1.54) is 0 Å². The van der Waals surface area contributed by atoms with Gasteiger partial charge in [0.2, 0.25) is 5.91 Å². The van der Waals surface area contributed by atoms with Gasteiger partial charge in [-0.1, -0.05) is 0 Å². The number of rotatable bonds is 5. The van der Waals surface area contributed by atoms with Gasteiger partial charge in [-0.2, -0.15) is 5.26 Å². The highest BCUT2D eigenvalue weighted by atomic mass is 16.4. The van der Waals surface area contributed by atoms with Gasteiger partial charge in [0.05, 0.1) is 12.1 Å². The van der Waals surface area contributed by atoms with Crippen LogP contribution in [0, 0.1) is 11.3 Å². The molecule has 0 aliphatic carbocycles. The van der Waals surface area contributed by atoms with Gasteiger partial charge in [0, 0.05) is 13.0 Å². The van der Waals surface area contributed by atoms with Crippen molar-refractivity contribution in [2.75, 3.05) is 13.6 Å². The third-order valence-corrected chi connectivity index (χ3v) is 2.98. The van der Waals surface area contributed by atoms with E-state index < -0.39 is 12.0 Å². The van der Waals surface area contributed by atoms with Crippen LogP contribution in [0.5, 0.6) is 0 Å². The molecule has 2 N–H and O–H groups in total. The fourth-order valence-electron chi connectivity index (χ4n) is 2.02. The molecule has 6 heteroatoms. The van der Waals surface area contributed by atoms with E-state index in [2.05, 4.69) is 11.4 Å². The SMILES string of the molecule is CN[C@@H](CCC(=O)O)C(=O)N1CCCC1C#N. The van der Waals surface area contributed by atoms with Gasteiger partial charge in [-0.3, -0.25) is 9.59 Å². The highest BCUT2D eigenvalue weighted by Gasteiger charge is 2.32. The average molecular weight is 239 g/mol. The molecule has 1 amide bonds. The molecule has 1 unspecified atom stereocenters. The molecular formula is C11H17N3O3. The molecule has 1 saturated heterocycles. The molecule has 0 aromatic carbocycles. The molecular weight excluding hydrogens is 222 g/mol.